The van der Waals surface area contributed by atoms with E-state index in [-0.39, 0.29) is 24.3 Å². The van der Waals surface area contributed by atoms with Crippen LogP contribution in [-0.2, 0) is 24.0 Å². The third-order valence-corrected chi connectivity index (χ3v) is 4.53. The molecule has 1 aromatic heterocycles. The number of benzene rings is 2. The number of aromatic nitrogens is 1. The number of carbonyl (C=O) groups is 1. The van der Waals surface area contributed by atoms with Gasteiger partial charge < -0.3 is 14.6 Å². The Morgan fingerprint density at radius 3 is 2.40 bits per heavy atom. The van der Waals surface area contributed by atoms with Crippen LogP contribution in [0.25, 0.3) is 10.9 Å². The molecular weight excluding hydrogens is 399 g/mol. The Morgan fingerprint density at radius 2 is 1.77 bits per heavy atom. The highest BCUT2D eigenvalue weighted by molar-refractivity contribution is 5.86. The molecule has 0 fully saturated rings. The van der Waals surface area contributed by atoms with Crippen LogP contribution in [0, 0.1) is 0 Å². The number of fused-ring (bicyclic) bond motifs is 1. The molecule has 0 atom stereocenters. The van der Waals surface area contributed by atoms with Crippen molar-refractivity contribution in [3.8, 4) is 11.5 Å². The first kappa shape index (κ1) is 21.4. The summed E-state index contributed by atoms with van der Waals surface area (Å²) in [5.74, 6) is -0.0821. The van der Waals surface area contributed by atoms with E-state index < -0.39 is 17.8 Å². The number of hydrogen-bond acceptors (Lipinski definition) is 4. The Morgan fingerprint density at radius 1 is 1.07 bits per heavy atom. The van der Waals surface area contributed by atoms with Crippen molar-refractivity contribution in [2.24, 2.45) is 0 Å². The number of carboxylic acids is 1. The van der Waals surface area contributed by atoms with Crippen molar-refractivity contribution in [1.82, 2.24) is 4.98 Å². The number of alkyl halides is 3. The first-order valence-corrected chi connectivity index (χ1v) is 9.24. The largest absolute Gasteiger partial charge is 0.496 e. The molecule has 0 amide bonds. The highest BCUT2D eigenvalue weighted by Crippen LogP contribution is 2.34. The van der Waals surface area contributed by atoms with Crippen molar-refractivity contribution in [3.63, 3.8) is 0 Å². The lowest BCUT2D eigenvalue weighted by Gasteiger charge is -2.12. The number of nitrogens with zero attached hydrogens (tertiary/aromatic N) is 1. The van der Waals surface area contributed by atoms with Crippen LogP contribution < -0.4 is 9.47 Å². The topological polar surface area (TPSA) is 68.7 Å². The average Bonchev–Trinajstić information content (AvgIpc) is 2.71. The van der Waals surface area contributed by atoms with Gasteiger partial charge in [0, 0.05) is 17.9 Å². The number of hydrogen-bond donors (Lipinski definition) is 1. The first-order valence-electron chi connectivity index (χ1n) is 9.24. The van der Waals surface area contributed by atoms with Crippen LogP contribution in [-0.4, -0.2) is 23.2 Å². The maximum atomic E-state index is 13.0. The van der Waals surface area contributed by atoms with Gasteiger partial charge in [0.2, 0.25) is 0 Å². The van der Waals surface area contributed by atoms with Gasteiger partial charge in [0.1, 0.15) is 23.8 Å². The van der Waals surface area contributed by atoms with Crippen LogP contribution in [0.15, 0.2) is 48.5 Å². The van der Waals surface area contributed by atoms with Crippen LogP contribution in [0.4, 0.5) is 13.2 Å². The fourth-order valence-corrected chi connectivity index (χ4v) is 3.01. The molecule has 5 nitrogen and oxygen atoms in total. The monoisotopic (exact) mass is 419 g/mol. The molecule has 1 N–H and O–H groups in total. The van der Waals surface area contributed by atoms with Gasteiger partial charge >= 0.3 is 12.1 Å². The van der Waals surface area contributed by atoms with E-state index in [1.165, 1.54) is 13.2 Å². The highest BCUT2D eigenvalue weighted by Gasteiger charge is 2.33. The van der Waals surface area contributed by atoms with Gasteiger partial charge in [0.25, 0.3) is 0 Å². The number of aliphatic carboxylic acids is 1. The quantitative estimate of drug-likeness (QED) is 0.540. The molecular formula is C22H20F3NO4. The zero-order chi connectivity index (χ0) is 21.7. The van der Waals surface area contributed by atoms with Crippen molar-refractivity contribution in [3.05, 3.63) is 65.4 Å². The van der Waals surface area contributed by atoms with Gasteiger partial charge in [-0.05, 0) is 48.2 Å². The number of rotatable bonds is 8. The molecule has 2 aromatic carbocycles. The second kappa shape index (κ2) is 9.02. The van der Waals surface area contributed by atoms with E-state index in [1.807, 2.05) is 12.1 Å². The molecule has 158 valence electrons. The summed E-state index contributed by atoms with van der Waals surface area (Å²) in [5, 5.41) is 9.15. The minimum absolute atomic E-state index is 0.0971. The number of methoxy groups -OCH3 is 1. The van der Waals surface area contributed by atoms with Crippen LogP contribution in [0.3, 0.4) is 0 Å². The maximum absolute atomic E-state index is 13.0. The van der Waals surface area contributed by atoms with Crippen molar-refractivity contribution < 1.29 is 32.5 Å². The second-order valence-electron chi connectivity index (χ2n) is 6.74. The van der Waals surface area contributed by atoms with Crippen molar-refractivity contribution >= 4 is 16.9 Å². The van der Waals surface area contributed by atoms with Crippen molar-refractivity contribution in [2.75, 3.05) is 7.11 Å². The summed E-state index contributed by atoms with van der Waals surface area (Å²) in [4.78, 5) is 14.2. The normalized spacial score (nSPS) is 11.5. The van der Waals surface area contributed by atoms with Gasteiger partial charge in [-0.1, -0.05) is 18.2 Å². The van der Waals surface area contributed by atoms with E-state index >= 15 is 0 Å². The lowest BCUT2D eigenvalue weighted by atomic mass is 10.1. The zero-order valence-corrected chi connectivity index (χ0v) is 16.2. The van der Waals surface area contributed by atoms with Crippen molar-refractivity contribution in [1.29, 1.82) is 0 Å². The molecule has 8 heteroatoms. The Kier molecular flexibility index (Phi) is 6.44. The molecule has 0 saturated carbocycles. The molecule has 0 spiro atoms. The van der Waals surface area contributed by atoms with Crippen LogP contribution >= 0.6 is 0 Å². The second-order valence-corrected chi connectivity index (χ2v) is 6.74. The SMILES string of the molecule is COc1cc(C(F)(F)F)nc2ccc(COc3ccc(CCCC(=O)O)cc3)cc12. The van der Waals surface area contributed by atoms with E-state index in [1.54, 1.807) is 24.3 Å². The summed E-state index contributed by atoms with van der Waals surface area (Å²) in [6.07, 6.45) is -3.19. The number of carboxylic acid groups (broad SMARTS) is 1. The Bertz CT molecular complexity index is 1030. The lowest BCUT2D eigenvalue weighted by Crippen LogP contribution is -2.08. The zero-order valence-electron chi connectivity index (χ0n) is 16.2. The van der Waals surface area contributed by atoms with Gasteiger partial charge in [-0.15, -0.1) is 0 Å². The van der Waals surface area contributed by atoms with Gasteiger partial charge in [0.15, 0.2) is 0 Å². The minimum Gasteiger partial charge on any atom is -0.496 e. The Balaban J connectivity index is 1.69. The van der Waals surface area contributed by atoms with Crippen molar-refractivity contribution in [2.45, 2.75) is 32.0 Å². The van der Waals surface area contributed by atoms with E-state index in [4.69, 9.17) is 14.6 Å². The molecule has 0 saturated heterocycles. The Hall–Kier alpha value is -3.29. The van der Waals surface area contributed by atoms with Gasteiger partial charge in [-0.2, -0.15) is 13.2 Å². The number of pyridine rings is 1. The van der Waals surface area contributed by atoms with Crippen LogP contribution in [0.5, 0.6) is 11.5 Å². The molecule has 0 aliphatic rings. The first-order chi connectivity index (χ1) is 14.3. The number of halogens is 3. The molecule has 0 radical (unpaired) electrons. The fourth-order valence-electron chi connectivity index (χ4n) is 3.01. The highest BCUT2D eigenvalue weighted by atomic mass is 19.4. The number of ether oxygens (including phenoxy) is 2. The molecule has 0 aliphatic carbocycles. The van der Waals surface area contributed by atoms with E-state index in [0.717, 1.165) is 17.2 Å². The van der Waals surface area contributed by atoms with Gasteiger partial charge in [0.05, 0.1) is 12.6 Å². The average molecular weight is 419 g/mol. The third-order valence-electron chi connectivity index (χ3n) is 4.53. The standard InChI is InChI=1S/C22H20F3NO4/c1-29-19-12-20(22(23,24)25)26-18-10-7-15(11-17(18)19)13-30-16-8-5-14(6-9-16)3-2-4-21(27)28/h5-12H,2-4,13H2,1H3,(H,27,28). The van der Waals surface area contributed by atoms with Crippen LogP contribution in [0.2, 0.25) is 0 Å². The summed E-state index contributed by atoms with van der Waals surface area (Å²) in [6.45, 7) is 0.221. The summed E-state index contributed by atoms with van der Waals surface area (Å²) in [6, 6.07) is 13.1. The summed E-state index contributed by atoms with van der Waals surface area (Å²) >= 11 is 0. The van der Waals surface area contributed by atoms with Crippen LogP contribution in [0.1, 0.15) is 29.7 Å². The minimum atomic E-state index is -4.55. The smallest absolute Gasteiger partial charge is 0.433 e. The molecule has 3 rings (SSSR count). The summed E-state index contributed by atoms with van der Waals surface area (Å²) < 4.78 is 49.8. The summed E-state index contributed by atoms with van der Waals surface area (Å²) in [7, 11) is 1.32. The molecule has 0 unspecified atom stereocenters. The molecule has 3 aromatic rings. The summed E-state index contributed by atoms with van der Waals surface area (Å²) in [5.41, 5.74) is 0.967. The third kappa shape index (κ3) is 5.40. The molecule has 0 bridgehead atoms. The fraction of sp³-hybridized carbons (Fsp3) is 0.273. The maximum Gasteiger partial charge on any atom is 0.433 e. The van der Waals surface area contributed by atoms with E-state index in [2.05, 4.69) is 4.98 Å². The van der Waals surface area contributed by atoms with Gasteiger partial charge in [-0.3, -0.25) is 4.79 Å². The molecule has 1 heterocycles. The predicted octanol–water partition coefficient (Wildman–Crippen LogP) is 5.25. The molecule has 0 aliphatic heterocycles. The molecule has 30 heavy (non-hydrogen) atoms. The predicted molar refractivity (Wildman–Crippen MR) is 105 cm³/mol. The van der Waals surface area contributed by atoms with E-state index in [9.17, 15) is 18.0 Å². The Labute approximate surface area is 171 Å². The van der Waals surface area contributed by atoms with Gasteiger partial charge in [-0.25, -0.2) is 4.98 Å². The lowest BCUT2D eigenvalue weighted by molar-refractivity contribution is -0.141. The number of aryl methyl sites for hydroxylation is 1. The van der Waals surface area contributed by atoms with E-state index in [0.29, 0.717) is 24.0 Å².